The molecule has 0 N–H and O–H groups in total. The van der Waals surface area contributed by atoms with Gasteiger partial charge in [0.25, 0.3) is 0 Å². The second-order valence-electron chi connectivity index (χ2n) is 15.2. The van der Waals surface area contributed by atoms with Gasteiger partial charge in [0.2, 0.25) is 0 Å². The summed E-state index contributed by atoms with van der Waals surface area (Å²) in [5.41, 5.74) is 0. The molecule has 0 aromatic rings. The first kappa shape index (κ1) is 47.6. The van der Waals surface area contributed by atoms with E-state index < -0.39 is 0 Å². The molecule has 0 fully saturated rings. The molecule has 0 aliphatic heterocycles. The summed E-state index contributed by atoms with van der Waals surface area (Å²) in [4.78, 5) is 35.8. The van der Waals surface area contributed by atoms with Crippen LogP contribution < -0.4 is 0 Å². The summed E-state index contributed by atoms with van der Waals surface area (Å²) in [6.07, 6.45) is 37.6. The van der Waals surface area contributed by atoms with Crippen LogP contribution in [0.25, 0.3) is 0 Å². The number of esters is 2. The van der Waals surface area contributed by atoms with Crippen molar-refractivity contribution in [2.24, 2.45) is 17.8 Å². The van der Waals surface area contributed by atoms with Crippen LogP contribution in [0.2, 0.25) is 0 Å². The fraction of sp³-hybridized carbons (Fsp3) is 0.932. The van der Waals surface area contributed by atoms with E-state index in [1.54, 1.807) is 0 Å². The van der Waals surface area contributed by atoms with Crippen LogP contribution in [-0.4, -0.2) is 31.4 Å². The van der Waals surface area contributed by atoms with E-state index in [0.29, 0.717) is 37.9 Å². The van der Waals surface area contributed by atoms with Crippen LogP contribution in [0.1, 0.15) is 233 Å². The number of hydrogen-bond acceptors (Lipinski definition) is 5. The molecule has 0 unspecified atom stereocenters. The number of unbranched alkanes of at least 4 members (excludes halogenated alkanes) is 16. The summed E-state index contributed by atoms with van der Waals surface area (Å²) in [6.45, 7) is 10.2. The van der Waals surface area contributed by atoms with Crippen LogP contribution in [0, 0.1) is 17.8 Å². The van der Waals surface area contributed by atoms with E-state index in [9.17, 15) is 14.4 Å². The molecule has 5 heteroatoms. The molecule has 0 rings (SSSR count). The lowest BCUT2D eigenvalue weighted by Crippen LogP contribution is -2.10. The smallest absolute Gasteiger partial charge is 0.305 e. The van der Waals surface area contributed by atoms with Gasteiger partial charge in [0.15, 0.2) is 0 Å². The highest BCUT2D eigenvalue weighted by atomic mass is 16.5. The lowest BCUT2D eigenvalue weighted by atomic mass is 9.93. The molecular formula is C44H84O5. The van der Waals surface area contributed by atoms with Crippen molar-refractivity contribution >= 4 is 18.2 Å². The Hall–Kier alpha value is -1.39. The van der Waals surface area contributed by atoms with E-state index in [1.165, 1.54) is 135 Å². The zero-order chi connectivity index (χ0) is 36.0. The van der Waals surface area contributed by atoms with Crippen LogP contribution in [0.3, 0.4) is 0 Å². The van der Waals surface area contributed by atoms with E-state index in [4.69, 9.17) is 9.47 Å². The number of carbonyl (C=O) groups is 3. The largest absolute Gasteiger partial charge is 0.466 e. The van der Waals surface area contributed by atoms with E-state index in [2.05, 4.69) is 27.7 Å². The Morgan fingerprint density at radius 2 is 0.714 bits per heavy atom. The van der Waals surface area contributed by atoms with E-state index in [1.807, 2.05) is 0 Å². The van der Waals surface area contributed by atoms with Gasteiger partial charge < -0.3 is 14.3 Å². The van der Waals surface area contributed by atoms with Crippen LogP contribution in [-0.2, 0) is 23.9 Å². The molecule has 0 saturated carbocycles. The van der Waals surface area contributed by atoms with Gasteiger partial charge in [-0.2, -0.15) is 0 Å². The molecule has 0 atom stereocenters. The Morgan fingerprint density at radius 3 is 1.02 bits per heavy atom. The van der Waals surface area contributed by atoms with Gasteiger partial charge in [0.05, 0.1) is 13.2 Å². The molecule has 290 valence electrons. The normalized spacial score (nSPS) is 11.6. The first-order valence-electron chi connectivity index (χ1n) is 21.8. The van der Waals surface area contributed by atoms with E-state index in [-0.39, 0.29) is 17.9 Å². The highest BCUT2D eigenvalue weighted by molar-refractivity contribution is 5.69. The minimum absolute atomic E-state index is 0.0159. The topological polar surface area (TPSA) is 69.7 Å². The van der Waals surface area contributed by atoms with Gasteiger partial charge in [-0.15, -0.1) is 0 Å². The van der Waals surface area contributed by atoms with Crippen LogP contribution >= 0.6 is 0 Å². The predicted octanol–water partition coefficient (Wildman–Crippen LogP) is 13.7. The van der Waals surface area contributed by atoms with Crippen LogP contribution in [0.4, 0.5) is 0 Å². The Kier molecular flexibility index (Phi) is 36.8. The minimum atomic E-state index is -0.0159. The van der Waals surface area contributed by atoms with Gasteiger partial charge in [-0.25, -0.2) is 0 Å². The molecule has 5 nitrogen and oxygen atoms in total. The first-order valence-corrected chi connectivity index (χ1v) is 21.8. The lowest BCUT2D eigenvalue weighted by Gasteiger charge is -2.16. The van der Waals surface area contributed by atoms with Gasteiger partial charge in [0.1, 0.15) is 6.29 Å². The van der Waals surface area contributed by atoms with Crippen molar-refractivity contribution in [3.63, 3.8) is 0 Å². The highest BCUT2D eigenvalue weighted by Gasteiger charge is 2.12. The maximum absolute atomic E-state index is 12.1. The Labute approximate surface area is 305 Å². The van der Waals surface area contributed by atoms with Crippen LogP contribution in [0.5, 0.6) is 0 Å². The molecule has 0 saturated heterocycles. The number of ether oxygens (including phenoxy) is 2. The summed E-state index contributed by atoms with van der Waals surface area (Å²) < 4.78 is 11.1. The van der Waals surface area contributed by atoms with Crippen LogP contribution in [0.15, 0.2) is 0 Å². The quantitative estimate of drug-likeness (QED) is 0.0364. The Bertz CT molecular complexity index is 650. The second-order valence-corrected chi connectivity index (χ2v) is 15.2. The van der Waals surface area contributed by atoms with Crippen molar-refractivity contribution in [3.8, 4) is 0 Å². The van der Waals surface area contributed by atoms with Gasteiger partial charge in [-0.05, 0) is 50.4 Å². The number of hydrogen-bond donors (Lipinski definition) is 0. The third kappa shape index (κ3) is 33.5. The van der Waals surface area contributed by atoms with Crippen molar-refractivity contribution in [1.82, 2.24) is 0 Å². The molecule has 0 spiro atoms. The Balaban J connectivity index is 3.63. The molecule has 0 bridgehead atoms. The van der Waals surface area contributed by atoms with Gasteiger partial charge in [0, 0.05) is 18.8 Å². The summed E-state index contributed by atoms with van der Waals surface area (Å²) in [5, 5.41) is 0. The third-order valence-electron chi connectivity index (χ3n) is 10.5. The molecule has 0 aromatic heterocycles. The Morgan fingerprint density at radius 1 is 0.408 bits per heavy atom. The summed E-state index contributed by atoms with van der Waals surface area (Å²) >= 11 is 0. The fourth-order valence-corrected chi connectivity index (χ4v) is 7.06. The highest BCUT2D eigenvalue weighted by Crippen LogP contribution is 2.22. The number of carbonyl (C=O) groups excluding carboxylic acids is 3. The molecule has 0 aromatic carbocycles. The molecular weight excluding hydrogens is 608 g/mol. The average Bonchev–Trinajstić information content (AvgIpc) is 3.10. The maximum Gasteiger partial charge on any atom is 0.305 e. The number of rotatable bonds is 39. The van der Waals surface area contributed by atoms with Gasteiger partial charge >= 0.3 is 11.9 Å². The van der Waals surface area contributed by atoms with Crippen molar-refractivity contribution in [2.45, 2.75) is 233 Å². The zero-order valence-corrected chi connectivity index (χ0v) is 33.4. The van der Waals surface area contributed by atoms with Crippen molar-refractivity contribution in [3.05, 3.63) is 0 Å². The fourth-order valence-electron chi connectivity index (χ4n) is 7.06. The molecule has 0 aliphatic rings. The molecule has 0 heterocycles. The van der Waals surface area contributed by atoms with E-state index >= 15 is 0 Å². The third-order valence-corrected chi connectivity index (χ3v) is 10.5. The van der Waals surface area contributed by atoms with Crippen molar-refractivity contribution in [1.29, 1.82) is 0 Å². The minimum Gasteiger partial charge on any atom is -0.466 e. The molecule has 0 amide bonds. The van der Waals surface area contributed by atoms with Crippen molar-refractivity contribution in [2.75, 3.05) is 13.2 Å². The van der Waals surface area contributed by atoms with E-state index in [0.717, 1.165) is 64.2 Å². The summed E-state index contributed by atoms with van der Waals surface area (Å²) in [6, 6.07) is 0. The average molecular weight is 693 g/mol. The first-order chi connectivity index (χ1) is 24.0. The zero-order valence-electron chi connectivity index (χ0n) is 33.4. The SMILES string of the molecule is CCCCC(CCCC)CCOC(=O)CCCCCCCCCC(C=O)CCCCCCCCCC(=O)OCCC(CCCC)CCCC. The number of aldehydes is 1. The maximum atomic E-state index is 12.1. The molecule has 0 radical (unpaired) electrons. The van der Waals surface area contributed by atoms with Gasteiger partial charge in [-0.3, -0.25) is 9.59 Å². The van der Waals surface area contributed by atoms with Crippen molar-refractivity contribution < 1.29 is 23.9 Å². The monoisotopic (exact) mass is 693 g/mol. The molecule has 0 aliphatic carbocycles. The standard InChI is InChI=1S/C44H84O5/c1-5-9-27-40(28-10-6-2)35-37-48-43(46)33-25-21-17-13-15-19-23-31-42(39-45)32-24-20-16-14-18-22-26-34-44(47)49-38-36-41(29-11-7-3)30-12-8-4/h39-42H,5-38H2,1-4H3. The predicted molar refractivity (Wildman–Crippen MR) is 209 cm³/mol. The molecule has 49 heavy (non-hydrogen) atoms. The summed E-state index contributed by atoms with van der Waals surface area (Å²) in [7, 11) is 0. The lowest BCUT2D eigenvalue weighted by molar-refractivity contribution is -0.145. The summed E-state index contributed by atoms with van der Waals surface area (Å²) in [5.74, 6) is 1.62. The van der Waals surface area contributed by atoms with Gasteiger partial charge in [-0.1, -0.05) is 182 Å². The second kappa shape index (κ2) is 37.9.